The van der Waals surface area contributed by atoms with E-state index in [-0.39, 0.29) is 24.3 Å². The number of hydrogen-bond donors (Lipinski definition) is 1. The molecule has 3 rings (SSSR count). The van der Waals surface area contributed by atoms with Gasteiger partial charge in [-0.3, -0.25) is 9.59 Å². The van der Waals surface area contributed by atoms with E-state index in [0.29, 0.717) is 12.3 Å². The Morgan fingerprint density at radius 1 is 1.04 bits per heavy atom. The number of ether oxygens (including phenoxy) is 2. The Morgan fingerprint density at radius 3 is 2.36 bits per heavy atom. The van der Waals surface area contributed by atoms with E-state index in [2.05, 4.69) is 0 Å². The van der Waals surface area contributed by atoms with E-state index in [9.17, 15) is 9.59 Å². The van der Waals surface area contributed by atoms with Crippen LogP contribution in [0.3, 0.4) is 0 Å². The molecule has 0 saturated carbocycles. The highest BCUT2D eigenvalue weighted by Gasteiger charge is 2.42. The molecule has 1 fully saturated rings. The summed E-state index contributed by atoms with van der Waals surface area (Å²) in [6, 6.07) is 14.6. The van der Waals surface area contributed by atoms with Gasteiger partial charge in [0.25, 0.3) is 5.91 Å². The number of nitrogens with zero attached hydrogens (tertiary/aromatic N) is 1. The number of amides is 2. The number of nitrogens with two attached hydrogens (primary N) is 1. The molecule has 1 atom stereocenters. The van der Waals surface area contributed by atoms with Crippen LogP contribution < -0.4 is 19.7 Å². The van der Waals surface area contributed by atoms with Crippen molar-refractivity contribution in [1.29, 1.82) is 0 Å². The number of quaternary nitrogens is 1. The van der Waals surface area contributed by atoms with Gasteiger partial charge in [-0.1, -0.05) is 19.1 Å². The molecule has 0 radical (unpaired) electrons. The first kappa shape index (κ1) is 19.9. The van der Waals surface area contributed by atoms with Crippen molar-refractivity contribution in [3.05, 3.63) is 54.1 Å². The third kappa shape index (κ3) is 4.70. The Hall–Kier alpha value is -2.86. The summed E-state index contributed by atoms with van der Waals surface area (Å²) in [4.78, 5) is 26.4. The van der Waals surface area contributed by atoms with Gasteiger partial charge in [0.05, 0.1) is 32.4 Å². The number of rotatable bonds is 9. The summed E-state index contributed by atoms with van der Waals surface area (Å²) in [5, 5.41) is 1.96. The van der Waals surface area contributed by atoms with Crippen LogP contribution in [0.15, 0.2) is 48.5 Å². The second-order valence-electron chi connectivity index (χ2n) is 6.84. The second-order valence-corrected chi connectivity index (χ2v) is 6.84. The predicted octanol–water partition coefficient (Wildman–Crippen LogP) is 1.92. The number of carbonyl (C=O) groups is 2. The number of hydrogen-bond acceptors (Lipinski definition) is 4. The zero-order chi connectivity index (χ0) is 19.9. The fourth-order valence-electron chi connectivity index (χ4n) is 3.27. The molecule has 1 heterocycles. The maximum atomic E-state index is 12.7. The quantitative estimate of drug-likeness (QED) is 0.672. The minimum absolute atomic E-state index is 0.151. The van der Waals surface area contributed by atoms with Gasteiger partial charge < -0.3 is 14.8 Å². The van der Waals surface area contributed by atoms with E-state index in [4.69, 9.17) is 9.47 Å². The summed E-state index contributed by atoms with van der Waals surface area (Å²) in [5.74, 6) is 1.26. The largest absolute Gasteiger partial charge is 0.497 e. The van der Waals surface area contributed by atoms with Crippen LogP contribution in [0.2, 0.25) is 0 Å². The molecule has 1 saturated heterocycles. The highest BCUT2D eigenvalue weighted by Crippen LogP contribution is 2.24. The van der Waals surface area contributed by atoms with Crippen LogP contribution in [0.5, 0.6) is 11.5 Å². The average molecular weight is 383 g/mol. The summed E-state index contributed by atoms with van der Waals surface area (Å²) in [6.45, 7) is 3.43. The van der Waals surface area contributed by atoms with E-state index in [1.807, 2.05) is 36.5 Å². The molecule has 0 unspecified atom stereocenters. The lowest BCUT2D eigenvalue weighted by atomic mass is 10.1. The van der Waals surface area contributed by atoms with Crippen LogP contribution in [0.1, 0.15) is 25.3 Å². The maximum Gasteiger partial charge on any atom is 0.292 e. The highest BCUT2D eigenvalue weighted by molar-refractivity contribution is 6.21. The number of imide groups is 1. The predicted molar refractivity (Wildman–Crippen MR) is 107 cm³/mol. The third-order valence-electron chi connectivity index (χ3n) is 4.79. The first-order valence-corrected chi connectivity index (χ1v) is 9.68. The molecule has 0 aliphatic carbocycles. The van der Waals surface area contributed by atoms with Gasteiger partial charge in [-0.2, -0.15) is 0 Å². The smallest absolute Gasteiger partial charge is 0.292 e. The number of carbonyl (C=O) groups excluding carboxylic acids is 2. The summed E-state index contributed by atoms with van der Waals surface area (Å²) >= 11 is 0. The lowest BCUT2D eigenvalue weighted by Gasteiger charge is -2.15. The van der Waals surface area contributed by atoms with Crippen molar-refractivity contribution >= 4 is 17.5 Å². The maximum absolute atomic E-state index is 12.7. The van der Waals surface area contributed by atoms with Gasteiger partial charge >= 0.3 is 0 Å². The van der Waals surface area contributed by atoms with Crippen molar-refractivity contribution in [2.45, 2.75) is 32.2 Å². The standard InChI is InChI=1S/C22H26N2O4/c1-3-14-28-19-10-6-17(7-11-19)24-21(25)15-20(22(24)26)23-13-12-16-4-8-18(27-2)9-5-16/h4-11,20,23H,3,12-15H2,1-2H3/p+1/t20-/m1/s1. The highest BCUT2D eigenvalue weighted by atomic mass is 16.5. The van der Waals surface area contributed by atoms with Crippen LogP contribution in [0.4, 0.5) is 5.69 Å². The third-order valence-corrected chi connectivity index (χ3v) is 4.79. The van der Waals surface area contributed by atoms with E-state index in [1.54, 1.807) is 31.4 Å². The minimum atomic E-state index is -0.359. The van der Waals surface area contributed by atoms with Gasteiger partial charge in [-0.05, 0) is 48.4 Å². The number of methoxy groups -OCH3 is 1. The minimum Gasteiger partial charge on any atom is -0.497 e. The molecule has 6 nitrogen and oxygen atoms in total. The molecule has 0 spiro atoms. The molecule has 2 aromatic carbocycles. The Labute approximate surface area is 165 Å². The van der Waals surface area contributed by atoms with Crippen molar-refractivity contribution in [2.24, 2.45) is 0 Å². The van der Waals surface area contributed by atoms with Crippen LogP contribution >= 0.6 is 0 Å². The summed E-state index contributed by atoms with van der Waals surface area (Å²) in [7, 11) is 1.64. The lowest BCUT2D eigenvalue weighted by Crippen LogP contribution is -2.92. The number of benzene rings is 2. The van der Waals surface area contributed by atoms with Crippen LogP contribution in [0.25, 0.3) is 0 Å². The van der Waals surface area contributed by atoms with Gasteiger partial charge in [0.2, 0.25) is 5.91 Å². The summed E-state index contributed by atoms with van der Waals surface area (Å²) < 4.78 is 10.7. The Kier molecular flexibility index (Phi) is 6.66. The Balaban J connectivity index is 1.55. The molecule has 1 aliphatic heterocycles. The van der Waals surface area contributed by atoms with Crippen molar-refractivity contribution in [2.75, 3.05) is 25.2 Å². The summed E-state index contributed by atoms with van der Waals surface area (Å²) in [6.07, 6.45) is 1.99. The molecule has 148 valence electrons. The van der Waals surface area contributed by atoms with Crippen molar-refractivity contribution in [1.82, 2.24) is 0 Å². The molecule has 28 heavy (non-hydrogen) atoms. The molecule has 0 aromatic heterocycles. The van der Waals surface area contributed by atoms with Gasteiger partial charge in [0.1, 0.15) is 11.5 Å². The molecular formula is C22H27N2O4+. The number of anilines is 1. The molecule has 2 aromatic rings. The van der Waals surface area contributed by atoms with E-state index in [0.717, 1.165) is 30.9 Å². The topological polar surface area (TPSA) is 72.4 Å². The van der Waals surface area contributed by atoms with Crippen molar-refractivity contribution < 1.29 is 24.4 Å². The fraction of sp³-hybridized carbons (Fsp3) is 0.364. The van der Waals surface area contributed by atoms with E-state index >= 15 is 0 Å². The first-order valence-electron chi connectivity index (χ1n) is 9.68. The van der Waals surface area contributed by atoms with Gasteiger partial charge in [-0.15, -0.1) is 0 Å². The van der Waals surface area contributed by atoms with Crippen LogP contribution in [0, 0.1) is 0 Å². The fourth-order valence-corrected chi connectivity index (χ4v) is 3.27. The van der Waals surface area contributed by atoms with Gasteiger partial charge in [0.15, 0.2) is 6.04 Å². The normalized spacial score (nSPS) is 16.5. The van der Waals surface area contributed by atoms with Crippen molar-refractivity contribution in [3.8, 4) is 11.5 Å². The SMILES string of the molecule is CCCOc1ccc(N2C(=O)C[C@@H]([NH2+]CCc3ccc(OC)cc3)C2=O)cc1. The van der Waals surface area contributed by atoms with Gasteiger partial charge in [0, 0.05) is 6.42 Å². The molecule has 2 N–H and O–H groups in total. The second kappa shape index (κ2) is 9.37. The molecule has 2 amide bonds. The Morgan fingerprint density at radius 2 is 1.71 bits per heavy atom. The monoisotopic (exact) mass is 383 g/mol. The first-order chi connectivity index (χ1) is 13.6. The zero-order valence-electron chi connectivity index (χ0n) is 16.4. The lowest BCUT2D eigenvalue weighted by molar-refractivity contribution is -0.674. The molecule has 1 aliphatic rings. The van der Waals surface area contributed by atoms with Crippen LogP contribution in [-0.2, 0) is 16.0 Å². The van der Waals surface area contributed by atoms with Crippen LogP contribution in [-0.4, -0.2) is 38.1 Å². The Bertz CT molecular complexity index is 802. The van der Waals surface area contributed by atoms with Crippen molar-refractivity contribution in [3.63, 3.8) is 0 Å². The molecule has 6 heteroatoms. The van der Waals surface area contributed by atoms with E-state index < -0.39 is 0 Å². The van der Waals surface area contributed by atoms with E-state index in [1.165, 1.54) is 10.5 Å². The molecular weight excluding hydrogens is 356 g/mol. The zero-order valence-corrected chi connectivity index (χ0v) is 16.4. The summed E-state index contributed by atoms with van der Waals surface area (Å²) in [5.41, 5.74) is 1.78. The molecule has 0 bridgehead atoms. The average Bonchev–Trinajstić information content (AvgIpc) is 3.00. The van der Waals surface area contributed by atoms with Gasteiger partial charge in [-0.25, -0.2) is 4.90 Å².